The van der Waals surface area contributed by atoms with E-state index in [9.17, 15) is 0 Å². The number of aliphatic hydroxyl groups excluding tert-OH is 1. The van der Waals surface area contributed by atoms with Gasteiger partial charge in [0.15, 0.2) is 0 Å². The van der Waals surface area contributed by atoms with E-state index in [2.05, 4.69) is 16.7 Å². The summed E-state index contributed by atoms with van der Waals surface area (Å²) in [4.78, 5) is 4.76. The maximum absolute atomic E-state index is 8.86. The molecule has 3 N–H and O–H groups in total. The highest BCUT2D eigenvalue weighted by Gasteiger charge is 2.17. The van der Waals surface area contributed by atoms with Crippen molar-refractivity contribution in [3.05, 3.63) is 0 Å². The number of nitrogens with zero attached hydrogens (tertiary/aromatic N) is 2. The SMILES string of the molecule is CC(CN)N1CCCN(CCO)CC1. The highest BCUT2D eigenvalue weighted by Crippen LogP contribution is 2.05. The summed E-state index contributed by atoms with van der Waals surface area (Å²) in [6.07, 6.45) is 1.18. The molecule has 0 saturated carbocycles. The average Bonchev–Trinajstić information content (AvgIpc) is 2.43. The van der Waals surface area contributed by atoms with Gasteiger partial charge in [-0.15, -0.1) is 0 Å². The van der Waals surface area contributed by atoms with Crippen LogP contribution in [0.25, 0.3) is 0 Å². The van der Waals surface area contributed by atoms with Gasteiger partial charge in [0, 0.05) is 32.2 Å². The summed E-state index contributed by atoms with van der Waals surface area (Å²) in [5.74, 6) is 0. The Bertz CT molecular complexity index is 154. The van der Waals surface area contributed by atoms with Gasteiger partial charge in [0.2, 0.25) is 0 Å². The van der Waals surface area contributed by atoms with E-state index in [1.54, 1.807) is 0 Å². The third-order valence-electron chi connectivity index (χ3n) is 3.00. The molecule has 0 aromatic rings. The molecule has 0 bridgehead atoms. The second-order valence-electron chi connectivity index (χ2n) is 4.04. The van der Waals surface area contributed by atoms with Crippen LogP contribution >= 0.6 is 0 Å². The number of hydrogen-bond acceptors (Lipinski definition) is 4. The lowest BCUT2D eigenvalue weighted by Crippen LogP contribution is -2.41. The first-order valence-electron chi connectivity index (χ1n) is 5.55. The summed E-state index contributed by atoms with van der Waals surface area (Å²) in [7, 11) is 0. The molecule has 14 heavy (non-hydrogen) atoms. The Kier molecular flexibility index (Phi) is 5.40. The average molecular weight is 201 g/mol. The van der Waals surface area contributed by atoms with Crippen molar-refractivity contribution in [1.29, 1.82) is 0 Å². The predicted molar refractivity (Wildman–Crippen MR) is 58.2 cm³/mol. The Labute approximate surface area is 86.7 Å². The van der Waals surface area contributed by atoms with E-state index in [-0.39, 0.29) is 6.61 Å². The minimum absolute atomic E-state index is 0.270. The summed E-state index contributed by atoms with van der Waals surface area (Å²) >= 11 is 0. The lowest BCUT2D eigenvalue weighted by Gasteiger charge is -2.26. The monoisotopic (exact) mass is 201 g/mol. The molecule has 0 aromatic heterocycles. The normalized spacial score (nSPS) is 23.4. The topological polar surface area (TPSA) is 52.7 Å². The van der Waals surface area contributed by atoms with Crippen LogP contribution in [0.1, 0.15) is 13.3 Å². The third-order valence-corrected chi connectivity index (χ3v) is 3.00. The molecule has 1 atom stereocenters. The second-order valence-corrected chi connectivity index (χ2v) is 4.04. The van der Waals surface area contributed by atoms with Crippen molar-refractivity contribution in [2.24, 2.45) is 5.73 Å². The van der Waals surface area contributed by atoms with Crippen molar-refractivity contribution in [2.75, 3.05) is 45.9 Å². The van der Waals surface area contributed by atoms with Crippen LogP contribution in [0.3, 0.4) is 0 Å². The zero-order valence-electron chi connectivity index (χ0n) is 9.15. The van der Waals surface area contributed by atoms with Crippen molar-refractivity contribution in [3.63, 3.8) is 0 Å². The van der Waals surface area contributed by atoms with Crippen LogP contribution in [0.15, 0.2) is 0 Å². The van der Waals surface area contributed by atoms with Gasteiger partial charge in [-0.05, 0) is 26.4 Å². The van der Waals surface area contributed by atoms with E-state index < -0.39 is 0 Å². The van der Waals surface area contributed by atoms with Crippen molar-refractivity contribution in [3.8, 4) is 0 Å². The lowest BCUT2D eigenvalue weighted by atomic mass is 10.2. The summed E-state index contributed by atoms with van der Waals surface area (Å²) in [6, 6.07) is 0.490. The molecule has 1 unspecified atom stereocenters. The number of nitrogens with two attached hydrogens (primary N) is 1. The highest BCUT2D eigenvalue weighted by atomic mass is 16.3. The fraction of sp³-hybridized carbons (Fsp3) is 1.00. The molecule has 0 radical (unpaired) electrons. The first-order valence-corrected chi connectivity index (χ1v) is 5.55. The summed E-state index contributed by atoms with van der Waals surface area (Å²) in [6.45, 7) is 8.39. The minimum Gasteiger partial charge on any atom is -0.395 e. The Morgan fingerprint density at radius 2 is 2.07 bits per heavy atom. The van der Waals surface area contributed by atoms with Crippen LogP contribution in [0, 0.1) is 0 Å². The van der Waals surface area contributed by atoms with Crippen molar-refractivity contribution >= 4 is 0 Å². The van der Waals surface area contributed by atoms with E-state index >= 15 is 0 Å². The first kappa shape index (κ1) is 11.9. The number of rotatable bonds is 4. The molecule has 1 rings (SSSR count). The van der Waals surface area contributed by atoms with E-state index in [0.717, 1.165) is 39.3 Å². The molecule has 84 valence electrons. The van der Waals surface area contributed by atoms with Gasteiger partial charge in [0.1, 0.15) is 0 Å². The molecule has 1 saturated heterocycles. The van der Waals surface area contributed by atoms with Crippen LogP contribution in [0.2, 0.25) is 0 Å². The molecule has 0 spiro atoms. The van der Waals surface area contributed by atoms with E-state index in [0.29, 0.717) is 6.04 Å². The van der Waals surface area contributed by atoms with Gasteiger partial charge in [-0.25, -0.2) is 0 Å². The quantitative estimate of drug-likeness (QED) is 0.634. The van der Waals surface area contributed by atoms with Gasteiger partial charge < -0.3 is 10.8 Å². The molecular weight excluding hydrogens is 178 g/mol. The van der Waals surface area contributed by atoms with Gasteiger partial charge in [-0.3, -0.25) is 9.80 Å². The third kappa shape index (κ3) is 3.53. The van der Waals surface area contributed by atoms with Crippen LogP contribution in [0.4, 0.5) is 0 Å². The molecule has 4 nitrogen and oxygen atoms in total. The van der Waals surface area contributed by atoms with E-state index in [4.69, 9.17) is 10.8 Å². The van der Waals surface area contributed by atoms with Gasteiger partial charge >= 0.3 is 0 Å². The number of hydrogen-bond donors (Lipinski definition) is 2. The van der Waals surface area contributed by atoms with Gasteiger partial charge in [0.05, 0.1) is 6.61 Å². The Morgan fingerprint density at radius 1 is 1.29 bits per heavy atom. The van der Waals surface area contributed by atoms with Crippen molar-refractivity contribution in [2.45, 2.75) is 19.4 Å². The van der Waals surface area contributed by atoms with Crippen LogP contribution in [0.5, 0.6) is 0 Å². The zero-order chi connectivity index (χ0) is 10.4. The summed E-state index contributed by atoms with van der Waals surface area (Å²) < 4.78 is 0. The van der Waals surface area contributed by atoms with Gasteiger partial charge in [-0.2, -0.15) is 0 Å². The van der Waals surface area contributed by atoms with Crippen LogP contribution < -0.4 is 5.73 Å². The van der Waals surface area contributed by atoms with E-state index in [1.807, 2.05) is 0 Å². The fourth-order valence-corrected chi connectivity index (χ4v) is 1.95. The van der Waals surface area contributed by atoms with Crippen LogP contribution in [-0.2, 0) is 0 Å². The highest BCUT2D eigenvalue weighted by molar-refractivity contribution is 4.74. The Morgan fingerprint density at radius 3 is 2.71 bits per heavy atom. The van der Waals surface area contributed by atoms with Crippen molar-refractivity contribution < 1.29 is 5.11 Å². The summed E-state index contributed by atoms with van der Waals surface area (Å²) in [5.41, 5.74) is 5.65. The maximum atomic E-state index is 8.86. The smallest absolute Gasteiger partial charge is 0.0558 e. The molecular formula is C10H23N3O. The fourth-order valence-electron chi connectivity index (χ4n) is 1.95. The largest absolute Gasteiger partial charge is 0.395 e. The lowest BCUT2D eigenvalue weighted by molar-refractivity contribution is 0.187. The Balaban J connectivity index is 2.32. The standard InChI is InChI=1S/C10H23N3O/c1-10(9-11)13-4-2-3-12(5-6-13)7-8-14/h10,14H,2-9,11H2,1H3. The predicted octanol–water partition coefficient (Wildman–Crippen LogP) is -0.666. The zero-order valence-corrected chi connectivity index (χ0v) is 9.15. The van der Waals surface area contributed by atoms with Crippen LogP contribution in [-0.4, -0.2) is 66.8 Å². The molecule has 4 heteroatoms. The molecule has 0 aromatic carbocycles. The molecule has 1 heterocycles. The Hall–Kier alpha value is -0.160. The molecule has 1 fully saturated rings. The van der Waals surface area contributed by atoms with Crippen molar-refractivity contribution in [1.82, 2.24) is 9.80 Å². The maximum Gasteiger partial charge on any atom is 0.0558 e. The minimum atomic E-state index is 0.270. The molecule has 0 amide bonds. The summed E-state index contributed by atoms with van der Waals surface area (Å²) in [5, 5.41) is 8.86. The number of aliphatic hydroxyl groups is 1. The van der Waals surface area contributed by atoms with Gasteiger partial charge in [0.25, 0.3) is 0 Å². The number of β-amino-alcohol motifs (C(OH)–C–C–N with tert-alkyl or cyclic N) is 1. The molecule has 1 aliphatic rings. The van der Waals surface area contributed by atoms with E-state index in [1.165, 1.54) is 6.42 Å². The first-order chi connectivity index (χ1) is 6.77. The second kappa shape index (κ2) is 6.35. The molecule has 0 aliphatic carbocycles. The molecule has 1 aliphatic heterocycles. The van der Waals surface area contributed by atoms with Gasteiger partial charge in [-0.1, -0.05) is 0 Å².